The standard InChI is InChI=1S/C17H21ClN2O3/c1-10-13(4-5-14-15(10)9-23-17(14)22)16(21)8-19-6-11-2-3-12(7-19)20(11)18/h4-5,11-12,16,21H,2-3,6-9H2,1H3/t11-,12+,16-/m0/s1. The van der Waals surface area contributed by atoms with Gasteiger partial charge in [0.2, 0.25) is 0 Å². The second-order valence-corrected chi connectivity index (χ2v) is 7.24. The van der Waals surface area contributed by atoms with Crippen LogP contribution in [0.25, 0.3) is 0 Å². The van der Waals surface area contributed by atoms with E-state index in [0.29, 0.717) is 30.8 Å². The van der Waals surface area contributed by atoms with E-state index in [-0.39, 0.29) is 5.97 Å². The Bertz CT molecular complexity index is 637. The Morgan fingerprint density at radius 1 is 1.35 bits per heavy atom. The van der Waals surface area contributed by atoms with Crippen molar-refractivity contribution >= 4 is 17.7 Å². The number of cyclic esters (lactones) is 1. The molecule has 5 nitrogen and oxygen atoms in total. The fourth-order valence-electron chi connectivity index (χ4n) is 4.16. The third-order valence-electron chi connectivity index (χ3n) is 5.47. The summed E-state index contributed by atoms with van der Waals surface area (Å²) in [4.78, 5) is 13.9. The van der Waals surface area contributed by atoms with E-state index in [4.69, 9.17) is 16.5 Å². The quantitative estimate of drug-likeness (QED) is 0.676. The van der Waals surface area contributed by atoms with Gasteiger partial charge < -0.3 is 9.84 Å². The van der Waals surface area contributed by atoms with Gasteiger partial charge in [0.05, 0.1) is 11.7 Å². The molecule has 0 amide bonds. The lowest BCUT2D eigenvalue weighted by Crippen LogP contribution is -2.50. The predicted molar refractivity (Wildman–Crippen MR) is 86.2 cm³/mol. The molecule has 0 aromatic heterocycles. The lowest BCUT2D eigenvalue weighted by molar-refractivity contribution is 0.0535. The van der Waals surface area contributed by atoms with E-state index in [1.165, 1.54) is 0 Å². The molecule has 3 atom stereocenters. The lowest BCUT2D eigenvalue weighted by atomic mass is 9.95. The summed E-state index contributed by atoms with van der Waals surface area (Å²) in [5.41, 5.74) is 3.41. The molecule has 6 heteroatoms. The minimum Gasteiger partial charge on any atom is -0.457 e. The number of piperazine rings is 1. The SMILES string of the molecule is Cc1c([C@@H](O)CN2C[C@H]3CC[C@@H](C2)N3Cl)ccc2c1COC2=O. The lowest BCUT2D eigenvalue weighted by Gasteiger charge is -2.38. The Hall–Kier alpha value is -1.14. The Morgan fingerprint density at radius 2 is 2.04 bits per heavy atom. The van der Waals surface area contributed by atoms with Crippen molar-refractivity contribution in [1.82, 2.24) is 9.32 Å². The zero-order chi connectivity index (χ0) is 16.1. The number of β-amino-alcohol motifs (C(OH)–C–C–N with tert-alkyl or cyclic N) is 1. The summed E-state index contributed by atoms with van der Waals surface area (Å²) < 4.78 is 7.05. The molecule has 1 aromatic rings. The number of nitrogens with zero attached hydrogens (tertiary/aromatic N) is 2. The second-order valence-electron chi connectivity index (χ2n) is 6.85. The van der Waals surface area contributed by atoms with Crippen LogP contribution in [0.15, 0.2) is 12.1 Å². The van der Waals surface area contributed by atoms with Gasteiger partial charge in [-0.2, -0.15) is 0 Å². The van der Waals surface area contributed by atoms with Crippen LogP contribution in [0.1, 0.15) is 46.0 Å². The van der Waals surface area contributed by atoms with Crippen molar-refractivity contribution < 1.29 is 14.6 Å². The predicted octanol–water partition coefficient (Wildman–Crippen LogP) is 2.00. The summed E-state index contributed by atoms with van der Waals surface area (Å²) in [6.07, 6.45) is 1.72. The van der Waals surface area contributed by atoms with Crippen molar-refractivity contribution in [3.8, 4) is 0 Å². The summed E-state index contributed by atoms with van der Waals surface area (Å²) in [5, 5.41) is 10.7. The number of carbonyl (C=O) groups is 1. The van der Waals surface area contributed by atoms with Crippen LogP contribution < -0.4 is 0 Å². The summed E-state index contributed by atoms with van der Waals surface area (Å²) in [5.74, 6) is -0.265. The highest BCUT2D eigenvalue weighted by Crippen LogP contribution is 2.33. The molecule has 2 bridgehead atoms. The molecule has 0 aliphatic carbocycles. The van der Waals surface area contributed by atoms with E-state index in [9.17, 15) is 9.90 Å². The molecule has 1 aromatic carbocycles. The number of fused-ring (bicyclic) bond motifs is 3. The maximum absolute atomic E-state index is 11.6. The van der Waals surface area contributed by atoms with Crippen LogP contribution in [0.4, 0.5) is 0 Å². The third kappa shape index (κ3) is 2.56. The number of aliphatic hydroxyl groups is 1. The van der Waals surface area contributed by atoms with Crippen molar-refractivity contribution in [2.45, 2.75) is 44.6 Å². The molecule has 1 N–H and O–H groups in total. The number of likely N-dealkylation sites (tertiary alicyclic amines) is 1. The highest BCUT2D eigenvalue weighted by molar-refractivity contribution is 6.14. The maximum Gasteiger partial charge on any atom is 0.338 e. The summed E-state index contributed by atoms with van der Waals surface area (Å²) in [6, 6.07) is 4.43. The highest BCUT2D eigenvalue weighted by atomic mass is 35.5. The van der Waals surface area contributed by atoms with Gasteiger partial charge >= 0.3 is 5.97 Å². The molecule has 0 spiro atoms. The minimum atomic E-state index is -0.558. The molecule has 2 saturated heterocycles. The van der Waals surface area contributed by atoms with E-state index in [1.807, 2.05) is 17.4 Å². The summed E-state index contributed by atoms with van der Waals surface area (Å²) >= 11 is 6.30. The Balaban J connectivity index is 1.50. The summed E-state index contributed by atoms with van der Waals surface area (Å²) in [7, 11) is 0. The van der Waals surface area contributed by atoms with E-state index in [2.05, 4.69) is 4.90 Å². The first-order chi connectivity index (χ1) is 11.0. The number of ether oxygens (including phenoxy) is 1. The largest absolute Gasteiger partial charge is 0.457 e. The van der Waals surface area contributed by atoms with E-state index >= 15 is 0 Å². The van der Waals surface area contributed by atoms with Crippen molar-refractivity contribution in [1.29, 1.82) is 0 Å². The molecule has 124 valence electrons. The van der Waals surface area contributed by atoms with Gasteiger partial charge in [-0.05, 0) is 48.7 Å². The minimum absolute atomic E-state index is 0.265. The van der Waals surface area contributed by atoms with Gasteiger partial charge in [-0.1, -0.05) is 6.07 Å². The number of esters is 1. The first kappa shape index (κ1) is 15.4. The van der Waals surface area contributed by atoms with Gasteiger partial charge in [0.1, 0.15) is 6.61 Å². The van der Waals surface area contributed by atoms with Gasteiger partial charge in [-0.3, -0.25) is 4.90 Å². The average Bonchev–Trinajstić information content (AvgIpc) is 2.97. The number of rotatable bonds is 3. The fourth-order valence-corrected chi connectivity index (χ4v) is 4.48. The van der Waals surface area contributed by atoms with Gasteiger partial charge in [0.25, 0.3) is 0 Å². The van der Waals surface area contributed by atoms with Crippen LogP contribution in [0.5, 0.6) is 0 Å². The van der Waals surface area contributed by atoms with Crippen molar-refractivity contribution in [2.24, 2.45) is 0 Å². The molecule has 0 radical (unpaired) electrons. The van der Waals surface area contributed by atoms with E-state index < -0.39 is 6.10 Å². The highest BCUT2D eigenvalue weighted by Gasteiger charge is 2.39. The van der Waals surface area contributed by atoms with Crippen molar-refractivity contribution in [3.05, 3.63) is 34.4 Å². The smallest absolute Gasteiger partial charge is 0.338 e. The first-order valence-electron chi connectivity index (χ1n) is 8.18. The zero-order valence-corrected chi connectivity index (χ0v) is 13.9. The van der Waals surface area contributed by atoms with Crippen LogP contribution in [0.2, 0.25) is 0 Å². The molecule has 0 unspecified atom stereocenters. The maximum atomic E-state index is 11.6. The molecule has 3 heterocycles. The molecule has 4 rings (SSSR count). The van der Waals surface area contributed by atoms with Crippen LogP contribution >= 0.6 is 11.8 Å². The molecule has 2 fully saturated rings. The van der Waals surface area contributed by atoms with Crippen molar-refractivity contribution in [3.63, 3.8) is 0 Å². The Kier molecular flexibility index (Phi) is 3.84. The van der Waals surface area contributed by atoms with Gasteiger partial charge in [-0.15, -0.1) is 0 Å². The molecular weight excluding hydrogens is 316 g/mol. The Morgan fingerprint density at radius 3 is 2.74 bits per heavy atom. The Labute approximate surface area is 140 Å². The van der Waals surface area contributed by atoms with Crippen LogP contribution in [-0.2, 0) is 11.3 Å². The van der Waals surface area contributed by atoms with Crippen LogP contribution in [0.3, 0.4) is 0 Å². The molecule has 0 saturated carbocycles. The second kappa shape index (κ2) is 5.74. The topological polar surface area (TPSA) is 53.0 Å². The number of hydrogen-bond acceptors (Lipinski definition) is 5. The number of aliphatic hydroxyl groups excluding tert-OH is 1. The average molecular weight is 337 g/mol. The van der Waals surface area contributed by atoms with Gasteiger partial charge in [-0.25, -0.2) is 9.21 Å². The first-order valence-corrected chi connectivity index (χ1v) is 8.52. The molecule has 23 heavy (non-hydrogen) atoms. The zero-order valence-electron chi connectivity index (χ0n) is 13.2. The number of hydrogen-bond donors (Lipinski definition) is 1. The molecular formula is C17H21ClN2O3. The van der Waals surface area contributed by atoms with E-state index in [1.54, 1.807) is 6.07 Å². The number of carbonyl (C=O) groups excluding carboxylic acids is 1. The van der Waals surface area contributed by atoms with Crippen LogP contribution in [-0.4, -0.2) is 52.1 Å². The van der Waals surface area contributed by atoms with Gasteiger partial charge in [0.15, 0.2) is 0 Å². The summed E-state index contributed by atoms with van der Waals surface area (Å²) in [6.45, 7) is 4.69. The molecule has 3 aliphatic rings. The molecule has 3 aliphatic heterocycles. The number of benzene rings is 1. The normalized spacial score (nSPS) is 28.7. The fraction of sp³-hybridized carbons (Fsp3) is 0.588. The number of halogens is 1. The third-order valence-corrected chi connectivity index (χ3v) is 6.02. The monoisotopic (exact) mass is 336 g/mol. The van der Waals surface area contributed by atoms with Gasteiger partial charge in [0, 0.05) is 37.3 Å². The van der Waals surface area contributed by atoms with Crippen molar-refractivity contribution in [2.75, 3.05) is 19.6 Å². The van der Waals surface area contributed by atoms with Crippen LogP contribution in [0, 0.1) is 6.92 Å². The van der Waals surface area contributed by atoms with E-state index in [0.717, 1.165) is 42.6 Å².